The van der Waals surface area contributed by atoms with E-state index < -0.39 is 5.97 Å². The first-order valence-corrected chi connectivity index (χ1v) is 4.01. The molecule has 0 saturated carbocycles. The van der Waals surface area contributed by atoms with Crippen LogP contribution in [0.2, 0.25) is 0 Å². The maximum absolute atomic E-state index is 10.8. The highest BCUT2D eigenvalue weighted by molar-refractivity contribution is 5.91. The van der Waals surface area contributed by atoms with Gasteiger partial charge >= 0.3 is 5.97 Å². The number of hydrogen-bond donors (Lipinski definition) is 2. The van der Waals surface area contributed by atoms with E-state index in [-0.39, 0.29) is 11.5 Å². The highest BCUT2D eigenvalue weighted by Crippen LogP contribution is 2.10. The number of carboxylic acid groups (broad SMARTS) is 1. The summed E-state index contributed by atoms with van der Waals surface area (Å²) in [6.07, 6.45) is 2.86. The predicted octanol–water partition coefficient (Wildman–Crippen LogP) is 1.18. The minimum Gasteiger partial charge on any atom is -0.478 e. The van der Waals surface area contributed by atoms with E-state index in [0.29, 0.717) is 5.69 Å². The minimum absolute atomic E-state index is 0.0559. The molecule has 5 nitrogen and oxygen atoms in total. The lowest BCUT2D eigenvalue weighted by molar-refractivity contribution is 0.0696. The van der Waals surface area contributed by atoms with Gasteiger partial charge in [0.15, 0.2) is 0 Å². The van der Waals surface area contributed by atoms with Crippen LogP contribution in [0.15, 0.2) is 11.8 Å². The van der Waals surface area contributed by atoms with Crippen molar-refractivity contribution in [3.63, 3.8) is 0 Å². The van der Waals surface area contributed by atoms with Crippen LogP contribution in [0, 0.1) is 0 Å². The van der Waals surface area contributed by atoms with Crippen molar-refractivity contribution in [2.75, 3.05) is 5.73 Å². The average molecular weight is 193 g/mol. The Kier molecular flexibility index (Phi) is 2.81. The standard InChI is InChI=1S/C9H11N3O2/c1-5(2)3-7-6(8(13)14)4-11-9(10)12-7/h3-4H,1-2H3,(H,13,14)(H2,10,11,12). The molecule has 74 valence electrons. The molecular weight excluding hydrogens is 182 g/mol. The fourth-order valence-corrected chi connectivity index (χ4v) is 0.958. The van der Waals surface area contributed by atoms with Crippen molar-refractivity contribution in [2.45, 2.75) is 13.8 Å². The Morgan fingerprint density at radius 1 is 1.57 bits per heavy atom. The fraction of sp³-hybridized carbons (Fsp3) is 0.222. The van der Waals surface area contributed by atoms with Gasteiger partial charge in [-0.1, -0.05) is 5.57 Å². The van der Waals surface area contributed by atoms with Crippen LogP contribution < -0.4 is 5.73 Å². The maximum atomic E-state index is 10.8. The number of aromatic carboxylic acids is 1. The maximum Gasteiger partial charge on any atom is 0.339 e. The Morgan fingerprint density at radius 3 is 2.71 bits per heavy atom. The first-order chi connectivity index (χ1) is 6.50. The van der Waals surface area contributed by atoms with Gasteiger partial charge in [0.2, 0.25) is 5.95 Å². The van der Waals surface area contributed by atoms with Gasteiger partial charge in [0.05, 0.1) is 5.69 Å². The molecule has 1 heterocycles. The normalized spacial score (nSPS) is 9.57. The monoisotopic (exact) mass is 193 g/mol. The molecule has 0 aliphatic carbocycles. The highest BCUT2D eigenvalue weighted by Gasteiger charge is 2.10. The summed E-state index contributed by atoms with van der Waals surface area (Å²) in [5.41, 5.74) is 6.70. The summed E-state index contributed by atoms with van der Waals surface area (Å²) in [4.78, 5) is 18.2. The molecule has 0 radical (unpaired) electrons. The lowest BCUT2D eigenvalue weighted by Crippen LogP contribution is -2.06. The second kappa shape index (κ2) is 3.87. The van der Waals surface area contributed by atoms with Gasteiger partial charge in [-0.05, 0) is 19.9 Å². The van der Waals surface area contributed by atoms with E-state index in [1.54, 1.807) is 6.08 Å². The van der Waals surface area contributed by atoms with Crippen molar-refractivity contribution in [3.05, 3.63) is 23.0 Å². The number of hydrogen-bond acceptors (Lipinski definition) is 4. The molecule has 0 atom stereocenters. The van der Waals surface area contributed by atoms with Gasteiger partial charge in [0.1, 0.15) is 5.56 Å². The number of anilines is 1. The fourth-order valence-electron chi connectivity index (χ4n) is 0.958. The molecule has 0 unspecified atom stereocenters. The van der Waals surface area contributed by atoms with Gasteiger partial charge in [0, 0.05) is 6.20 Å². The SMILES string of the molecule is CC(C)=Cc1nc(N)ncc1C(=O)O. The molecule has 0 spiro atoms. The Balaban J connectivity index is 3.30. The van der Waals surface area contributed by atoms with Crippen molar-refractivity contribution in [2.24, 2.45) is 0 Å². The molecule has 0 aliphatic rings. The zero-order chi connectivity index (χ0) is 10.7. The Hall–Kier alpha value is -1.91. The number of nitrogens with two attached hydrogens (primary N) is 1. The van der Waals surface area contributed by atoms with Crippen LogP contribution in [0.1, 0.15) is 29.9 Å². The van der Waals surface area contributed by atoms with Gasteiger partial charge in [-0.2, -0.15) is 0 Å². The number of carbonyl (C=O) groups is 1. The topological polar surface area (TPSA) is 89.1 Å². The van der Waals surface area contributed by atoms with Crippen molar-refractivity contribution < 1.29 is 9.90 Å². The van der Waals surface area contributed by atoms with Crippen LogP contribution in [-0.4, -0.2) is 21.0 Å². The van der Waals surface area contributed by atoms with Crippen LogP contribution >= 0.6 is 0 Å². The van der Waals surface area contributed by atoms with Gasteiger partial charge in [-0.15, -0.1) is 0 Å². The highest BCUT2D eigenvalue weighted by atomic mass is 16.4. The molecule has 0 saturated heterocycles. The second-order valence-electron chi connectivity index (χ2n) is 3.05. The van der Waals surface area contributed by atoms with Crippen molar-refractivity contribution >= 4 is 18.0 Å². The summed E-state index contributed by atoms with van der Waals surface area (Å²) in [5, 5.41) is 8.82. The lowest BCUT2D eigenvalue weighted by Gasteiger charge is -2.01. The number of rotatable bonds is 2. The molecule has 0 bridgehead atoms. The summed E-state index contributed by atoms with van der Waals surface area (Å²) in [6.45, 7) is 3.70. The summed E-state index contributed by atoms with van der Waals surface area (Å²) < 4.78 is 0. The number of nitrogen functional groups attached to an aromatic ring is 1. The van der Waals surface area contributed by atoms with Gasteiger partial charge < -0.3 is 10.8 Å². The first-order valence-electron chi connectivity index (χ1n) is 4.01. The average Bonchev–Trinajstić information content (AvgIpc) is 2.01. The zero-order valence-corrected chi connectivity index (χ0v) is 7.98. The zero-order valence-electron chi connectivity index (χ0n) is 7.98. The largest absolute Gasteiger partial charge is 0.478 e. The van der Waals surface area contributed by atoms with Gasteiger partial charge in [-0.25, -0.2) is 14.8 Å². The molecule has 5 heteroatoms. The molecule has 1 aromatic rings. The lowest BCUT2D eigenvalue weighted by atomic mass is 10.2. The van der Waals surface area contributed by atoms with Crippen LogP contribution in [0.25, 0.3) is 6.08 Å². The molecule has 0 fully saturated rings. The van der Waals surface area contributed by atoms with E-state index in [1.165, 1.54) is 6.20 Å². The second-order valence-corrected chi connectivity index (χ2v) is 3.05. The molecule has 0 aliphatic heterocycles. The van der Waals surface area contributed by atoms with E-state index in [2.05, 4.69) is 9.97 Å². The van der Waals surface area contributed by atoms with Gasteiger partial charge in [0.25, 0.3) is 0 Å². The first kappa shape index (κ1) is 10.2. The minimum atomic E-state index is -1.06. The molecule has 3 N–H and O–H groups in total. The summed E-state index contributed by atoms with van der Waals surface area (Å²) in [6, 6.07) is 0. The van der Waals surface area contributed by atoms with Crippen molar-refractivity contribution in [1.82, 2.24) is 9.97 Å². The summed E-state index contributed by atoms with van der Waals surface area (Å²) in [5.74, 6) is -0.986. The Labute approximate surface area is 81.3 Å². The predicted molar refractivity (Wildman–Crippen MR) is 52.7 cm³/mol. The summed E-state index contributed by atoms with van der Waals surface area (Å²) >= 11 is 0. The van der Waals surface area contributed by atoms with E-state index >= 15 is 0 Å². The molecular formula is C9H11N3O2. The van der Waals surface area contributed by atoms with Gasteiger partial charge in [-0.3, -0.25) is 0 Å². The Morgan fingerprint density at radius 2 is 2.21 bits per heavy atom. The van der Waals surface area contributed by atoms with E-state index in [0.717, 1.165) is 5.57 Å². The number of carboxylic acids is 1. The molecule has 0 aromatic carbocycles. The van der Waals surface area contributed by atoms with Crippen LogP contribution in [0.3, 0.4) is 0 Å². The smallest absolute Gasteiger partial charge is 0.339 e. The third-order valence-electron chi connectivity index (χ3n) is 1.49. The van der Waals surface area contributed by atoms with Crippen LogP contribution in [0.5, 0.6) is 0 Å². The van der Waals surface area contributed by atoms with Crippen LogP contribution in [0.4, 0.5) is 5.95 Å². The van der Waals surface area contributed by atoms with E-state index in [4.69, 9.17) is 10.8 Å². The van der Waals surface area contributed by atoms with E-state index in [9.17, 15) is 4.79 Å². The molecule has 1 rings (SSSR count). The molecule has 0 amide bonds. The quantitative estimate of drug-likeness (QED) is 0.736. The summed E-state index contributed by atoms with van der Waals surface area (Å²) in [7, 11) is 0. The number of aromatic nitrogens is 2. The van der Waals surface area contributed by atoms with Crippen molar-refractivity contribution in [1.29, 1.82) is 0 Å². The van der Waals surface area contributed by atoms with Crippen LogP contribution in [-0.2, 0) is 0 Å². The van der Waals surface area contributed by atoms with Crippen molar-refractivity contribution in [3.8, 4) is 0 Å². The Bertz CT molecular complexity index is 395. The number of allylic oxidation sites excluding steroid dienone is 1. The third-order valence-corrected chi connectivity index (χ3v) is 1.49. The third kappa shape index (κ3) is 2.29. The van der Waals surface area contributed by atoms with E-state index in [1.807, 2.05) is 13.8 Å². The molecule has 14 heavy (non-hydrogen) atoms. The number of nitrogens with zero attached hydrogens (tertiary/aromatic N) is 2. The molecule has 1 aromatic heterocycles.